The minimum atomic E-state index is -0.157. The Morgan fingerprint density at radius 3 is 2.60 bits per heavy atom. The third-order valence-corrected chi connectivity index (χ3v) is 3.78. The van der Waals surface area contributed by atoms with Crippen LogP contribution >= 0.6 is 11.8 Å². The van der Waals surface area contributed by atoms with Crippen molar-refractivity contribution >= 4 is 11.8 Å². The summed E-state index contributed by atoms with van der Waals surface area (Å²) in [4.78, 5) is 0.710. The fraction of sp³-hybridized carbons (Fsp3) is 0.500. The molecule has 0 bridgehead atoms. The minimum Gasteiger partial charge on any atom is -0.324 e. The first-order valence-corrected chi connectivity index (χ1v) is 6.14. The van der Waals surface area contributed by atoms with Crippen molar-refractivity contribution in [3.63, 3.8) is 0 Å². The van der Waals surface area contributed by atoms with Crippen LogP contribution in [0.25, 0.3) is 0 Å². The average Bonchev–Trinajstić information content (AvgIpc) is 2.20. The molecule has 2 atom stereocenters. The second kappa shape index (κ2) is 5.52. The van der Waals surface area contributed by atoms with Crippen LogP contribution in [-0.2, 0) is 0 Å². The molecule has 1 rings (SSSR count). The van der Waals surface area contributed by atoms with Crippen LogP contribution in [0.15, 0.2) is 23.1 Å². The molecule has 0 radical (unpaired) electrons. The second-order valence-electron chi connectivity index (χ2n) is 3.78. The van der Waals surface area contributed by atoms with Crippen molar-refractivity contribution < 1.29 is 4.39 Å². The van der Waals surface area contributed by atoms with Gasteiger partial charge in [0, 0.05) is 16.2 Å². The molecule has 0 amide bonds. The van der Waals surface area contributed by atoms with Gasteiger partial charge in [0.1, 0.15) is 5.82 Å². The van der Waals surface area contributed by atoms with Crippen LogP contribution in [0.2, 0.25) is 0 Å². The molecule has 15 heavy (non-hydrogen) atoms. The predicted molar refractivity (Wildman–Crippen MR) is 64.6 cm³/mol. The number of thioether (sulfide) groups is 1. The third kappa shape index (κ3) is 3.21. The summed E-state index contributed by atoms with van der Waals surface area (Å²) in [5.41, 5.74) is 6.72. The molecule has 1 unspecified atom stereocenters. The monoisotopic (exact) mass is 227 g/mol. The van der Waals surface area contributed by atoms with Gasteiger partial charge in [-0.15, -0.1) is 11.8 Å². The lowest BCUT2D eigenvalue weighted by molar-refractivity contribution is 0.591. The molecular formula is C12H18FNS. The molecular weight excluding hydrogens is 209 g/mol. The number of rotatable bonds is 4. The van der Waals surface area contributed by atoms with Crippen LogP contribution in [0.5, 0.6) is 0 Å². The summed E-state index contributed by atoms with van der Waals surface area (Å²) in [5, 5.41) is 0.416. The van der Waals surface area contributed by atoms with Crippen LogP contribution in [0, 0.1) is 5.82 Å². The van der Waals surface area contributed by atoms with Crippen LogP contribution in [-0.4, -0.2) is 5.25 Å². The highest BCUT2D eigenvalue weighted by Gasteiger charge is 2.14. The van der Waals surface area contributed by atoms with E-state index in [2.05, 4.69) is 13.8 Å². The molecule has 2 N–H and O–H groups in total. The molecule has 0 aliphatic carbocycles. The highest BCUT2D eigenvalue weighted by Crippen LogP contribution is 2.33. The lowest BCUT2D eigenvalue weighted by Crippen LogP contribution is -2.08. The lowest BCUT2D eigenvalue weighted by atomic mass is 10.1. The summed E-state index contributed by atoms with van der Waals surface area (Å²) in [6.45, 7) is 6.08. The van der Waals surface area contributed by atoms with Gasteiger partial charge in [0.25, 0.3) is 0 Å². The summed E-state index contributed by atoms with van der Waals surface area (Å²) >= 11 is 1.57. The molecule has 0 aliphatic rings. The molecule has 0 fully saturated rings. The molecule has 1 aromatic carbocycles. The van der Waals surface area contributed by atoms with Crippen molar-refractivity contribution in [3.8, 4) is 0 Å². The molecule has 0 saturated carbocycles. The topological polar surface area (TPSA) is 26.0 Å². The number of benzene rings is 1. The maximum Gasteiger partial charge on any atom is 0.137 e. The molecule has 0 heterocycles. The normalized spacial score (nSPS) is 15.0. The molecule has 3 heteroatoms. The lowest BCUT2D eigenvalue weighted by Gasteiger charge is -2.15. The largest absolute Gasteiger partial charge is 0.324 e. The van der Waals surface area contributed by atoms with Crippen LogP contribution in [0.3, 0.4) is 0 Å². The Morgan fingerprint density at radius 1 is 1.40 bits per heavy atom. The first-order valence-electron chi connectivity index (χ1n) is 5.26. The van der Waals surface area contributed by atoms with Crippen molar-refractivity contribution in [1.29, 1.82) is 0 Å². The van der Waals surface area contributed by atoms with Crippen molar-refractivity contribution in [1.82, 2.24) is 0 Å². The first-order chi connectivity index (χ1) is 7.06. The maximum absolute atomic E-state index is 13.6. The fourth-order valence-electron chi connectivity index (χ4n) is 1.29. The highest BCUT2D eigenvalue weighted by atomic mass is 32.2. The highest BCUT2D eigenvalue weighted by molar-refractivity contribution is 8.00. The molecule has 0 spiro atoms. The van der Waals surface area contributed by atoms with Crippen LogP contribution in [0.1, 0.15) is 38.8 Å². The van der Waals surface area contributed by atoms with E-state index in [0.29, 0.717) is 10.1 Å². The zero-order valence-electron chi connectivity index (χ0n) is 9.46. The Hall–Kier alpha value is -0.540. The summed E-state index contributed by atoms with van der Waals surface area (Å²) in [6, 6.07) is 5.00. The Kier molecular flexibility index (Phi) is 4.61. The third-order valence-electron chi connectivity index (χ3n) is 2.38. The zero-order valence-corrected chi connectivity index (χ0v) is 10.3. The standard InChI is InChI=1S/C12H18FNS/c1-4-8(2)15-12-10(9(3)14)6-5-7-11(12)13/h5-9H,4,14H2,1-3H3/t8?,9-/m1/s1. The Bertz CT molecular complexity index is 325. The van der Waals surface area contributed by atoms with E-state index < -0.39 is 0 Å². The van der Waals surface area contributed by atoms with Crippen molar-refractivity contribution in [2.24, 2.45) is 5.73 Å². The number of hydrogen-bond acceptors (Lipinski definition) is 2. The molecule has 0 aromatic heterocycles. The van der Waals surface area contributed by atoms with E-state index >= 15 is 0 Å². The van der Waals surface area contributed by atoms with E-state index in [9.17, 15) is 4.39 Å². The van der Waals surface area contributed by atoms with Crippen LogP contribution in [0.4, 0.5) is 4.39 Å². The second-order valence-corrected chi connectivity index (χ2v) is 5.23. The van der Waals surface area contributed by atoms with Crippen molar-refractivity contribution in [2.45, 2.75) is 43.4 Å². The van der Waals surface area contributed by atoms with Crippen LogP contribution < -0.4 is 5.73 Å². The molecule has 1 nitrogen and oxygen atoms in total. The summed E-state index contributed by atoms with van der Waals surface area (Å²) < 4.78 is 13.6. The van der Waals surface area contributed by atoms with E-state index in [1.807, 2.05) is 13.0 Å². The van der Waals surface area contributed by atoms with Gasteiger partial charge >= 0.3 is 0 Å². The Morgan fingerprint density at radius 2 is 2.07 bits per heavy atom. The van der Waals surface area contributed by atoms with Crippen molar-refractivity contribution in [2.75, 3.05) is 0 Å². The van der Waals surface area contributed by atoms with Gasteiger partial charge in [-0.1, -0.05) is 26.0 Å². The van der Waals surface area contributed by atoms with E-state index in [-0.39, 0.29) is 11.9 Å². The molecule has 1 aromatic rings. The molecule has 0 saturated heterocycles. The van der Waals surface area contributed by atoms with Gasteiger partial charge in [0.2, 0.25) is 0 Å². The molecule has 0 aliphatic heterocycles. The Labute approximate surface area is 95.2 Å². The van der Waals surface area contributed by atoms with Gasteiger partial charge in [-0.25, -0.2) is 4.39 Å². The van der Waals surface area contributed by atoms with Crippen molar-refractivity contribution in [3.05, 3.63) is 29.6 Å². The summed E-state index contributed by atoms with van der Waals surface area (Å²) in [7, 11) is 0. The van der Waals surface area contributed by atoms with Gasteiger partial charge < -0.3 is 5.73 Å². The quantitative estimate of drug-likeness (QED) is 0.793. The van der Waals surface area contributed by atoms with E-state index in [1.165, 1.54) is 6.07 Å². The number of hydrogen-bond donors (Lipinski definition) is 1. The van der Waals surface area contributed by atoms with Gasteiger partial charge in [0.05, 0.1) is 0 Å². The zero-order chi connectivity index (χ0) is 11.4. The first kappa shape index (κ1) is 12.5. The average molecular weight is 227 g/mol. The van der Waals surface area contributed by atoms with Gasteiger partial charge in [-0.05, 0) is 25.0 Å². The fourth-order valence-corrected chi connectivity index (χ4v) is 2.43. The SMILES string of the molecule is CCC(C)Sc1c(F)cccc1[C@@H](C)N. The number of halogens is 1. The maximum atomic E-state index is 13.6. The van der Waals surface area contributed by atoms with Gasteiger partial charge in [-0.2, -0.15) is 0 Å². The minimum absolute atomic E-state index is 0.118. The summed E-state index contributed by atoms with van der Waals surface area (Å²) in [5.74, 6) is -0.157. The number of nitrogens with two attached hydrogens (primary N) is 1. The molecule has 84 valence electrons. The smallest absolute Gasteiger partial charge is 0.137 e. The van der Waals surface area contributed by atoms with E-state index in [0.717, 1.165) is 12.0 Å². The summed E-state index contributed by atoms with van der Waals surface area (Å²) in [6.07, 6.45) is 1.03. The van der Waals surface area contributed by atoms with Gasteiger partial charge in [-0.3, -0.25) is 0 Å². The predicted octanol–water partition coefficient (Wildman–Crippen LogP) is 3.74. The Balaban J connectivity index is 3.02. The van der Waals surface area contributed by atoms with Gasteiger partial charge in [0.15, 0.2) is 0 Å². The van der Waals surface area contributed by atoms with E-state index in [1.54, 1.807) is 17.8 Å². The van der Waals surface area contributed by atoms with E-state index in [4.69, 9.17) is 5.73 Å².